The molecule has 170 valence electrons. The molecule has 0 saturated carbocycles. The fourth-order valence-corrected chi connectivity index (χ4v) is 5.07. The third kappa shape index (κ3) is 4.63. The van der Waals surface area contributed by atoms with Gasteiger partial charge < -0.3 is 19.5 Å². The first-order valence-corrected chi connectivity index (χ1v) is 11.5. The van der Waals surface area contributed by atoms with Crippen molar-refractivity contribution in [2.45, 2.75) is 17.7 Å². The van der Waals surface area contributed by atoms with Crippen LogP contribution in [0.1, 0.15) is 12.8 Å². The molecule has 32 heavy (non-hydrogen) atoms. The van der Waals surface area contributed by atoms with Crippen molar-refractivity contribution in [1.82, 2.24) is 4.31 Å². The van der Waals surface area contributed by atoms with Crippen LogP contribution in [0.25, 0.3) is 0 Å². The Bertz CT molecular complexity index is 1110. The summed E-state index contributed by atoms with van der Waals surface area (Å²) in [4.78, 5) is 24.0. The van der Waals surface area contributed by atoms with Crippen LogP contribution >= 0.6 is 0 Å². The standard InChI is InChI=1S/C21H23N3O7S/c1-29-21(26)23-15-2-5-17(6-3-15)32(27,28)24-10-8-14(9-11-24)20(25)22-16-4-7-18-19(12-16)31-13-30-18/h2-7,12,14H,8-11,13H2,1H3,(H,22,25)(H,23,26). The van der Waals surface area contributed by atoms with Gasteiger partial charge >= 0.3 is 6.09 Å². The molecule has 2 aliphatic rings. The lowest BCUT2D eigenvalue weighted by molar-refractivity contribution is -0.120. The smallest absolute Gasteiger partial charge is 0.411 e. The Hall–Kier alpha value is -3.31. The van der Waals surface area contributed by atoms with Crippen LogP contribution in [0.2, 0.25) is 0 Å². The first-order chi connectivity index (χ1) is 15.4. The summed E-state index contributed by atoms with van der Waals surface area (Å²) in [5.74, 6) is 0.768. The number of carbonyl (C=O) groups is 2. The minimum atomic E-state index is -3.70. The molecule has 0 radical (unpaired) electrons. The molecule has 0 aliphatic carbocycles. The molecule has 1 saturated heterocycles. The van der Waals surface area contributed by atoms with E-state index in [0.29, 0.717) is 35.7 Å². The van der Waals surface area contributed by atoms with E-state index in [1.807, 2.05) is 0 Å². The summed E-state index contributed by atoms with van der Waals surface area (Å²) in [6.07, 6.45) is 0.191. The predicted octanol–water partition coefficient (Wildman–Crippen LogP) is 2.63. The second kappa shape index (κ2) is 9.05. The number of rotatable bonds is 5. The number of nitrogens with zero attached hydrogens (tertiary/aromatic N) is 1. The fourth-order valence-electron chi connectivity index (χ4n) is 3.61. The van der Waals surface area contributed by atoms with Crippen molar-refractivity contribution in [2.24, 2.45) is 5.92 Å². The third-order valence-corrected chi connectivity index (χ3v) is 7.30. The molecule has 2 amide bonds. The fraction of sp³-hybridized carbons (Fsp3) is 0.333. The van der Waals surface area contributed by atoms with Crippen LogP contribution in [0.3, 0.4) is 0 Å². The van der Waals surface area contributed by atoms with Crippen LogP contribution < -0.4 is 20.1 Å². The minimum Gasteiger partial charge on any atom is -0.454 e. The maximum Gasteiger partial charge on any atom is 0.411 e. The van der Waals surface area contributed by atoms with Crippen molar-refractivity contribution in [3.05, 3.63) is 42.5 Å². The topological polar surface area (TPSA) is 123 Å². The summed E-state index contributed by atoms with van der Waals surface area (Å²) >= 11 is 0. The van der Waals surface area contributed by atoms with Crippen molar-refractivity contribution in [1.29, 1.82) is 0 Å². The van der Waals surface area contributed by atoms with Gasteiger partial charge in [-0.25, -0.2) is 13.2 Å². The summed E-state index contributed by atoms with van der Waals surface area (Å²) in [6, 6.07) is 11.0. The summed E-state index contributed by atoms with van der Waals surface area (Å²) in [5.41, 5.74) is 1.03. The van der Waals surface area contributed by atoms with Crippen LogP contribution in [0.5, 0.6) is 11.5 Å². The number of carbonyl (C=O) groups excluding carboxylic acids is 2. The van der Waals surface area contributed by atoms with Crippen LogP contribution in [0.15, 0.2) is 47.4 Å². The lowest BCUT2D eigenvalue weighted by Crippen LogP contribution is -2.41. The van der Waals surface area contributed by atoms with E-state index >= 15 is 0 Å². The molecule has 0 bridgehead atoms. The van der Waals surface area contributed by atoms with E-state index in [0.717, 1.165) is 0 Å². The minimum absolute atomic E-state index is 0.121. The zero-order valence-corrected chi connectivity index (χ0v) is 18.2. The monoisotopic (exact) mass is 461 g/mol. The number of methoxy groups -OCH3 is 1. The molecule has 2 N–H and O–H groups in total. The molecule has 2 heterocycles. The van der Waals surface area contributed by atoms with E-state index in [-0.39, 0.29) is 36.6 Å². The van der Waals surface area contributed by atoms with Crippen molar-refractivity contribution in [3.63, 3.8) is 0 Å². The maximum atomic E-state index is 12.9. The van der Waals surface area contributed by atoms with Crippen molar-refractivity contribution in [2.75, 3.05) is 37.6 Å². The number of piperidine rings is 1. The summed E-state index contributed by atoms with van der Waals surface area (Å²) in [6.45, 7) is 0.637. The molecule has 2 aromatic rings. The summed E-state index contributed by atoms with van der Waals surface area (Å²) in [7, 11) is -2.46. The number of ether oxygens (including phenoxy) is 3. The van der Waals surface area contributed by atoms with Crippen LogP contribution in [-0.4, -0.2) is 51.7 Å². The highest BCUT2D eigenvalue weighted by Crippen LogP contribution is 2.34. The van der Waals surface area contributed by atoms with Gasteiger partial charge in [0.2, 0.25) is 22.7 Å². The highest BCUT2D eigenvalue weighted by Gasteiger charge is 2.32. The number of amides is 2. The molecule has 2 aliphatic heterocycles. The molecular formula is C21H23N3O7S. The van der Waals surface area contributed by atoms with Gasteiger partial charge in [0, 0.05) is 36.4 Å². The Morgan fingerprint density at radius 1 is 0.969 bits per heavy atom. The highest BCUT2D eigenvalue weighted by molar-refractivity contribution is 7.89. The molecule has 0 spiro atoms. The highest BCUT2D eigenvalue weighted by atomic mass is 32.2. The van der Waals surface area contributed by atoms with Gasteiger partial charge in [0.1, 0.15) is 0 Å². The maximum absolute atomic E-state index is 12.9. The Kier molecular flexibility index (Phi) is 6.19. The second-order valence-corrected chi connectivity index (χ2v) is 9.31. The zero-order chi connectivity index (χ0) is 22.7. The van der Waals surface area contributed by atoms with Gasteiger partial charge in [0.05, 0.1) is 12.0 Å². The SMILES string of the molecule is COC(=O)Nc1ccc(S(=O)(=O)N2CCC(C(=O)Nc3ccc4c(c3)OCO4)CC2)cc1. The molecule has 4 rings (SSSR count). The van der Waals surface area contributed by atoms with Crippen molar-refractivity contribution < 1.29 is 32.2 Å². The average molecular weight is 461 g/mol. The lowest BCUT2D eigenvalue weighted by atomic mass is 9.97. The average Bonchev–Trinajstić information content (AvgIpc) is 3.27. The van der Waals surface area contributed by atoms with E-state index in [1.165, 1.54) is 35.7 Å². The van der Waals surface area contributed by atoms with Crippen molar-refractivity contribution in [3.8, 4) is 11.5 Å². The van der Waals surface area contributed by atoms with Gasteiger partial charge in [0.25, 0.3) is 0 Å². The largest absolute Gasteiger partial charge is 0.454 e. The predicted molar refractivity (Wildman–Crippen MR) is 115 cm³/mol. The van der Waals surface area contributed by atoms with Gasteiger partial charge in [-0.3, -0.25) is 10.1 Å². The molecule has 0 aromatic heterocycles. The van der Waals surface area contributed by atoms with E-state index in [2.05, 4.69) is 15.4 Å². The van der Waals surface area contributed by atoms with E-state index in [9.17, 15) is 18.0 Å². The zero-order valence-electron chi connectivity index (χ0n) is 17.4. The van der Waals surface area contributed by atoms with E-state index in [4.69, 9.17) is 9.47 Å². The Morgan fingerprint density at radius 2 is 1.62 bits per heavy atom. The normalized spacial score (nSPS) is 16.4. The number of hydrogen-bond acceptors (Lipinski definition) is 7. The third-order valence-electron chi connectivity index (χ3n) is 5.39. The summed E-state index contributed by atoms with van der Waals surface area (Å²) in [5, 5.41) is 5.34. The number of hydrogen-bond donors (Lipinski definition) is 2. The van der Waals surface area contributed by atoms with Gasteiger partial charge in [-0.2, -0.15) is 4.31 Å². The number of anilines is 2. The quantitative estimate of drug-likeness (QED) is 0.702. The first kappa shape index (κ1) is 21.9. The van der Waals surface area contributed by atoms with Crippen LogP contribution in [-0.2, 0) is 19.6 Å². The number of benzene rings is 2. The second-order valence-electron chi connectivity index (χ2n) is 7.38. The number of fused-ring (bicyclic) bond motifs is 1. The molecule has 11 heteroatoms. The van der Waals surface area contributed by atoms with Gasteiger partial charge in [-0.05, 0) is 49.2 Å². The van der Waals surface area contributed by atoms with Gasteiger partial charge in [0.15, 0.2) is 11.5 Å². The Balaban J connectivity index is 1.34. The molecule has 0 atom stereocenters. The first-order valence-electron chi connectivity index (χ1n) is 10.0. The summed E-state index contributed by atoms with van der Waals surface area (Å²) < 4.78 is 42.3. The number of sulfonamides is 1. The number of nitrogens with one attached hydrogen (secondary N) is 2. The Labute approximate surface area is 185 Å². The molecule has 1 fully saturated rings. The van der Waals surface area contributed by atoms with Gasteiger partial charge in [-0.1, -0.05) is 0 Å². The van der Waals surface area contributed by atoms with E-state index < -0.39 is 16.1 Å². The Morgan fingerprint density at radius 3 is 2.31 bits per heavy atom. The molecule has 10 nitrogen and oxygen atoms in total. The molecule has 0 unspecified atom stereocenters. The van der Waals surface area contributed by atoms with Gasteiger partial charge in [-0.15, -0.1) is 0 Å². The van der Waals surface area contributed by atoms with E-state index in [1.54, 1.807) is 18.2 Å². The lowest BCUT2D eigenvalue weighted by Gasteiger charge is -2.30. The molecule has 2 aromatic carbocycles. The van der Waals surface area contributed by atoms with Crippen LogP contribution in [0, 0.1) is 5.92 Å². The van der Waals surface area contributed by atoms with Crippen molar-refractivity contribution >= 4 is 33.4 Å². The van der Waals surface area contributed by atoms with Crippen LogP contribution in [0.4, 0.5) is 16.2 Å². The molecular weight excluding hydrogens is 438 g/mol.